The van der Waals surface area contributed by atoms with Crippen LogP contribution < -0.4 is 5.32 Å². The molecule has 1 fully saturated rings. The third-order valence-corrected chi connectivity index (χ3v) is 5.58. The first-order valence-electron chi connectivity index (χ1n) is 9.22. The van der Waals surface area contributed by atoms with Gasteiger partial charge in [-0.3, -0.25) is 4.79 Å². The van der Waals surface area contributed by atoms with Crippen LogP contribution in [0.1, 0.15) is 53.4 Å². The van der Waals surface area contributed by atoms with Gasteiger partial charge < -0.3 is 5.32 Å². The second kappa shape index (κ2) is 8.21. The summed E-state index contributed by atoms with van der Waals surface area (Å²) in [6.07, 6.45) is 5.52. The number of carbonyl (C=O) groups is 1. The summed E-state index contributed by atoms with van der Waals surface area (Å²) in [6, 6.07) is 8.66. The van der Waals surface area contributed by atoms with Crippen LogP contribution in [0.3, 0.4) is 0 Å². The Labute approximate surface area is 160 Å². The molecule has 2 aromatic rings. The minimum absolute atomic E-state index is 0.107. The average molecular weight is 370 g/mol. The molecule has 0 saturated heterocycles. The predicted octanol–water partition coefficient (Wildman–Crippen LogP) is 4.32. The first kappa shape index (κ1) is 18.9. The molecular weight excluding hydrogens is 342 g/mol. The van der Waals surface area contributed by atoms with Crippen LogP contribution >= 0.6 is 11.8 Å². The molecule has 1 heterocycles. The molecule has 1 aromatic carbocycles. The summed E-state index contributed by atoms with van der Waals surface area (Å²) in [7, 11) is 0. The maximum Gasteiger partial charge on any atom is 0.220 e. The highest BCUT2D eigenvalue weighted by Gasteiger charge is 2.33. The van der Waals surface area contributed by atoms with Gasteiger partial charge in [0.2, 0.25) is 5.91 Å². The van der Waals surface area contributed by atoms with Gasteiger partial charge in [0.15, 0.2) is 5.16 Å². The number of aryl methyl sites for hydroxylation is 3. The van der Waals surface area contributed by atoms with Crippen molar-refractivity contribution in [3.8, 4) is 0 Å². The van der Waals surface area contributed by atoms with Gasteiger partial charge in [-0.2, -0.15) is 0 Å². The van der Waals surface area contributed by atoms with Gasteiger partial charge >= 0.3 is 0 Å². The van der Waals surface area contributed by atoms with E-state index in [9.17, 15) is 4.79 Å². The predicted molar refractivity (Wildman–Crippen MR) is 106 cm³/mol. The Morgan fingerprint density at radius 1 is 1.15 bits per heavy atom. The van der Waals surface area contributed by atoms with E-state index >= 15 is 0 Å². The lowest BCUT2D eigenvalue weighted by Gasteiger charge is -2.19. The Balaban J connectivity index is 1.64. The van der Waals surface area contributed by atoms with Gasteiger partial charge in [-0.1, -0.05) is 41.6 Å². The second-order valence-corrected chi connectivity index (χ2v) is 7.93. The largest absolute Gasteiger partial charge is 0.349 e. The standard InChI is InChI=1S/C21H27N3OS/c1-13-5-7-16(8-6-13)20(17-9-10-17)24-19(25)12-11-18-14(2)22-21(26-4)23-15(18)3/h5-8,17,20H,9-12H2,1-4H3,(H,24,25). The van der Waals surface area contributed by atoms with Gasteiger partial charge in [0.25, 0.3) is 0 Å². The summed E-state index contributed by atoms with van der Waals surface area (Å²) in [6.45, 7) is 6.09. The summed E-state index contributed by atoms with van der Waals surface area (Å²) in [5.41, 5.74) is 5.51. The maximum atomic E-state index is 12.6. The summed E-state index contributed by atoms with van der Waals surface area (Å²) in [5.74, 6) is 0.685. The van der Waals surface area contributed by atoms with Gasteiger partial charge in [0.05, 0.1) is 6.04 Å². The average Bonchev–Trinajstić information content (AvgIpc) is 3.44. The quantitative estimate of drug-likeness (QED) is 0.583. The number of nitrogens with zero attached hydrogens (tertiary/aromatic N) is 2. The van der Waals surface area contributed by atoms with Crippen LogP contribution in [0.15, 0.2) is 29.4 Å². The van der Waals surface area contributed by atoms with Gasteiger partial charge in [-0.15, -0.1) is 0 Å². The van der Waals surface area contributed by atoms with Crippen molar-refractivity contribution in [3.05, 3.63) is 52.3 Å². The number of thioether (sulfide) groups is 1. The zero-order valence-corrected chi connectivity index (χ0v) is 16.8. The van der Waals surface area contributed by atoms with Crippen LogP contribution in [0.5, 0.6) is 0 Å². The van der Waals surface area contributed by atoms with Gasteiger partial charge in [0.1, 0.15) is 0 Å². The second-order valence-electron chi connectivity index (χ2n) is 7.15. The highest BCUT2D eigenvalue weighted by molar-refractivity contribution is 7.98. The first-order chi connectivity index (χ1) is 12.5. The fraction of sp³-hybridized carbons (Fsp3) is 0.476. The van der Waals surface area contributed by atoms with Crippen molar-refractivity contribution >= 4 is 17.7 Å². The summed E-state index contributed by atoms with van der Waals surface area (Å²) < 4.78 is 0. The van der Waals surface area contributed by atoms with Crippen molar-refractivity contribution in [2.45, 2.75) is 57.7 Å². The van der Waals surface area contributed by atoms with E-state index in [0.717, 1.165) is 22.1 Å². The molecule has 0 bridgehead atoms. The fourth-order valence-corrected chi connectivity index (χ4v) is 3.78. The van der Waals surface area contributed by atoms with E-state index in [1.165, 1.54) is 24.0 Å². The van der Waals surface area contributed by atoms with E-state index in [1.807, 2.05) is 20.1 Å². The molecule has 4 nitrogen and oxygen atoms in total. The Bertz CT molecular complexity index is 761. The number of hydrogen-bond acceptors (Lipinski definition) is 4. The number of rotatable bonds is 7. The summed E-state index contributed by atoms with van der Waals surface area (Å²) in [4.78, 5) is 21.6. The molecule has 0 radical (unpaired) electrons. The van der Waals surface area contributed by atoms with Crippen molar-refractivity contribution < 1.29 is 4.79 Å². The SMILES string of the molecule is CSc1nc(C)c(CCC(=O)NC(c2ccc(C)cc2)C2CC2)c(C)n1. The van der Waals surface area contributed by atoms with Crippen LogP contribution in [0.2, 0.25) is 0 Å². The minimum Gasteiger partial charge on any atom is -0.349 e. The third kappa shape index (κ3) is 4.64. The fourth-order valence-electron chi connectivity index (χ4n) is 3.32. The highest BCUT2D eigenvalue weighted by atomic mass is 32.2. The van der Waals surface area contributed by atoms with Crippen LogP contribution in [-0.2, 0) is 11.2 Å². The highest BCUT2D eigenvalue weighted by Crippen LogP contribution is 2.41. The number of hydrogen-bond donors (Lipinski definition) is 1. The molecule has 1 aliphatic rings. The van der Waals surface area contributed by atoms with Crippen molar-refractivity contribution in [2.24, 2.45) is 5.92 Å². The molecule has 3 rings (SSSR count). The molecule has 1 amide bonds. The number of benzene rings is 1. The summed E-state index contributed by atoms with van der Waals surface area (Å²) >= 11 is 1.55. The molecule has 1 aromatic heterocycles. The van der Waals surface area contributed by atoms with Crippen LogP contribution in [0, 0.1) is 26.7 Å². The maximum absolute atomic E-state index is 12.6. The Morgan fingerprint density at radius 3 is 2.31 bits per heavy atom. The van der Waals surface area contributed by atoms with E-state index in [4.69, 9.17) is 0 Å². The molecule has 26 heavy (non-hydrogen) atoms. The smallest absolute Gasteiger partial charge is 0.220 e. The van der Waals surface area contributed by atoms with Crippen LogP contribution in [0.4, 0.5) is 0 Å². The molecule has 1 aliphatic carbocycles. The molecule has 0 spiro atoms. The lowest BCUT2D eigenvalue weighted by Crippen LogP contribution is -2.30. The van der Waals surface area contributed by atoms with Crippen LogP contribution in [-0.4, -0.2) is 22.1 Å². The molecule has 138 valence electrons. The molecular formula is C21H27N3OS. The lowest BCUT2D eigenvalue weighted by molar-refractivity contribution is -0.122. The van der Waals surface area contributed by atoms with Crippen LogP contribution in [0.25, 0.3) is 0 Å². The van der Waals surface area contributed by atoms with Crippen molar-refractivity contribution in [1.82, 2.24) is 15.3 Å². The van der Waals surface area contributed by atoms with Gasteiger partial charge in [0, 0.05) is 17.8 Å². The number of amides is 1. The van der Waals surface area contributed by atoms with Crippen molar-refractivity contribution in [3.63, 3.8) is 0 Å². The number of aromatic nitrogens is 2. The number of carbonyl (C=O) groups excluding carboxylic acids is 1. The van der Waals surface area contributed by atoms with E-state index in [1.54, 1.807) is 11.8 Å². The minimum atomic E-state index is 0.107. The van der Waals surface area contributed by atoms with E-state index in [0.29, 0.717) is 18.8 Å². The molecule has 1 saturated carbocycles. The monoisotopic (exact) mass is 369 g/mol. The molecule has 1 unspecified atom stereocenters. The Kier molecular flexibility index (Phi) is 5.97. The zero-order valence-electron chi connectivity index (χ0n) is 16.0. The van der Waals surface area contributed by atoms with E-state index < -0.39 is 0 Å². The molecule has 1 N–H and O–H groups in total. The van der Waals surface area contributed by atoms with Crippen molar-refractivity contribution in [2.75, 3.05) is 6.26 Å². The molecule has 1 atom stereocenters. The van der Waals surface area contributed by atoms with Crippen molar-refractivity contribution in [1.29, 1.82) is 0 Å². The van der Waals surface area contributed by atoms with Gasteiger partial charge in [-0.05, 0) is 63.3 Å². The van der Waals surface area contributed by atoms with E-state index in [2.05, 4.69) is 46.5 Å². The molecule has 0 aliphatic heterocycles. The number of nitrogens with one attached hydrogen (secondary N) is 1. The third-order valence-electron chi connectivity index (χ3n) is 5.03. The Morgan fingerprint density at radius 2 is 1.77 bits per heavy atom. The van der Waals surface area contributed by atoms with E-state index in [-0.39, 0.29) is 11.9 Å². The normalized spacial score (nSPS) is 14.9. The Hall–Kier alpha value is -1.88. The first-order valence-corrected chi connectivity index (χ1v) is 10.4. The summed E-state index contributed by atoms with van der Waals surface area (Å²) in [5, 5.41) is 4.06. The van der Waals surface area contributed by atoms with Gasteiger partial charge in [-0.25, -0.2) is 9.97 Å². The molecule has 5 heteroatoms. The lowest BCUT2D eigenvalue weighted by atomic mass is 10.0. The zero-order chi connectivity index (χ0) is 18.7. The topological polar surface area (TPSA) is 54.9 Å².